The predicted octanol–water partition coefficient (Wildman–Crippen LogP) is 12.3. The molecule has 12 rings (SSSR count). The quantitative estimate of drug-likeness (QED) is 0.180. The highest BCUT2D eigenvalue weighted by atomic mass is 32.1. The molecule has 1 atom stereocenters. The minimum absolute atomic E-state index is 0.232. The van der Waals surface area contributed by atoms with Crippen molar-refractivity contribution in [2.45, 2.75) is 12.3 Å². The Labute approximate surface area is 328 Å². The van der Waals surface area contributed by atoms with Gasteiger partial charge >= 0.3 is 0 Å². The molecular weight excluding hydrogens is 703 g/mol. The highest BCUT2D eigenvalue weighted by molar-refractivity contribution is 7.25. The van der Waals surface area contributed by atoms with Crippen molar-refractivity contribution >= 4 is 76.6 Å². The average Bonchev–Trinajstić information content (AvgIpc) is 3.90. The SMILES string of the molecule is CN1C=C(c2ccc3sc4nc(-c5cccc6c5c5ccccc5n6-c5ccccc5)nc(N5C6=Cc7ccccc7CC6c6ccccc65)c4c3c2)C=CC1. The van der Waals surface area contributed by atoms with Gasteiger partial charge in [-0.15, -0.1) is 11.3 Å². The van der Waals surface area contributed by atoms with Crippen molar-refractivity contribution in [3.8, 4) is 17.1 Å². The number of likely N-dealkylation sites (N-methyl/N-ethyl adjacent to an activating group) is 1. The molecule has 0 spiro atoms. The summed E-state index contributed by atoms with van der Waals surface area (Å²) in [5.41, 5.74) is 13.3. The molecule has 1 unspecified atom stereocenters. The highest BCUT2D eigenvalue weighted by Gasteiger charge is 2.39. The topological polar surface area (TPSA) is 37.2 Å². The number of rotatable bonds is 4. The first-order valence-electron chi connectivity index (χ1n) is 19.3. The zero-order valence-corrected chi connectivity index (χ0v) is 31.5. The Morgan fingerprint density at radius 1 is 0.714 bits per heavy atom. The van der Waals surface area contributed by atoms with Gasteiger partial charge in [-0.25, -0.2) is 9.97 Å². The summed E-state index contributed by atoms with van der Waals surface area (Å²) in [6.07, 6.45) is 10.1. The van der Waals surface area contributed by atoms with Crippen molar-refractivity contribution in [3.05, 3.63) is 186 Å². The summed E-state index contributed by atoms with van der Waals surface area (Å²) in [7, 11) is 2.13. The fourth-order valence-electron chi connectivity index (χ4n) is 9.33. The lowest BCUT2D eigenvalue weighted by molar-refractivity contribution is 0.507. The van der Waals surface area contributed by atoms with Gasteiger partial charge in [-0.2, -0.15) is 0 Å². The van der Waals surface area contributed by atoms with E-state index in [9.17, 15) is 0 Å². The third kappa shape index (κ3) is 4.66. The molecule has 9 aromatic rings. The van der Waals surface area contributed by atoms with E-state index in [1.165, 1.54) is 54.7 Å². The molecule has 0 amide bonds. The molecule has 6 heteroatoms. The first kappa shape index (κ1) is 31.6. The number of allylic oxidation sites excluding steroid dienone is 3. The van der Waals surface area contributed by atoms with Crippen LogP contribution in [-0.2, 0) is 6.42 Å². The summed E-state index contributed by atoms with van der Waals surface area (Å²) in [6.45, 7) is 0.915. The number of nitrogens with zero attached hydrogens (tertiary/aromatic N) is 5. The number of aromatic nitrogens is 3. The number of thiophene rings is 1. The van der Waals surface area contributed by atoms with E-state index in [4.69, 9.17) is 9.97 Å². The Kier molecular flexibility index (Phi) is 6.83. The van der Waals surface area contributed by atoms with Gasteiger partial charge in [0.1, 0.15) is 4.83 Å². The molecule has 0 N–H and O–H groups in total. The molecule has 0 radical (unpaired) electrons. The summed E-state index contributed by atoms with van der Waals surface area (Å²) in [5, 5.41) is 4.62. The third-order valence-corrected chi connectivity index (χ3v) is 12.9. The van der Waals surface area contributed by atoms with Crippen molar-refractivity contribution in [1.82, 2.24) is 19.4 Å². The van der Waals surface area contributed by atoms with Crippen LogP contribution in [0.2, 0.25) is 0 Å². The van der Waals surface area contributed by atoms with Gasteiger partial charge in [0.25, 0.3) is 0 Å². The Morgan fingerprint density at radius 2 is 1.54 bits per heavy atom. The van der Waals surface area contributed by atoms with Crippen LogP contribution in [0.4, 0.5) is 11.5 Å². The van der Waals surface area contributed by atoms with Crippen molar-refractivity contribution in [2.24, 2.45) is 0 Å². The van der Waals surface area contributed by atoms with Crippen LogP contribution >= 0.6 is 11.3 Å². The number of benzene rings is 6. The lowest BCUT2D eigenvalue weighted by atomic mass is 9.84. The zero-order chi connectivity index (χ0) is 36.9. The maximum Gasteiger partial charge on any atom is 0.163 e. The van der Waals surface area contributed by atoms with E-state index < -0.39 is 0 Å². The smallest absolute Gasteiger partial charge is 0.163 e. The summed E-state index contributed by atoms with van der Waals surface area (Å²) >= 11 is 1.76. The molecule has 3 aliphatic rings. The molecule has 56 heavy (non-hydrogen) atoms. The van der Waals surface area contributed by atoms with E-state index >= 15 is 0 Å². The molecule has 0 fully saturated rings. The first-order valence-corrected chi connectivity index (χ1v) is 20.1. The second-order valence-electron chi connectivity index (χ2n) is 15.1. The lowest BCUT2D eigenvalue weighted by Gasteiger charge is -2.27. The van der Waals surface area contributed by atoms with Gasteiger partial charge in [0.05, 0.1) is 22.1 Å². The van der Waals surface area contributed by atoms with Gasteiger partial charge in [-0.3, -0.25) is 4.90 Å². The van der Waals surface area contributed by atoms with Crippen molar-refractivity contribution in [2.75, 3.05) is 18.5 Å². The van der Waals surface area contributed by atoms with Gasteiger partial charge < -0.3 is 9.47 Å². The molecule has 3 aromatic heterocycles. The van der Waals surface area contributed by atoms with Crippen LogP contribution in [0.5, 0.6) is 0 Å². The van der Waals surface area contributed by atoms with Crippen LogP contribution < -0.4 is 4.90 Å². The average molecular weight is 738 g/mol. The van der Waals surface area contributed by atoms with E-state index in [0.717, 1.165) is 62.5 Å². The minimum atomic E-state index is 0.232. The predicted molar refractivity (Wildman–Crippen MR) is 234 cm³/mol. The van der Waals surface area contributed by atoms with Crippen LogP contribution in [0.1, 0.15) is 28.2 Å². The normalized spacial score (nSPS) is 16.1. The second-order valence-corrected chi connectivity index (χ2v) is 16.1. The Bertz CT molecular complexity index is 3180. The van der Waals surface area contributed by atoms with Crippen LogP contribution in [-0.4, -0.2) is 33.0 Å². The molecule has 1 aliphatic carbocycles. The lowest BCUT2D eigenvalue weighted by Crippen LogP contribution is -2.19. The number of para-hydroxylation sites is 3. The van der Waals surface area contributed by atoms with E-state index in [2.05, 4.69) is 185 Å². The van der Waals surface area contributed by atoms with E-state index in [0.29, 0.717) is 0 Å². The highest BCUT2D eigenvalue weighted by Crippen LogP contribution is 2.54. The summed E-state index contributed by atoms with van der Waals surface area (Å²) in [5.74, 6) is 1.90. The number of anilines is 2. The number of fused-ring (bicyclic) bond motifs is 10. The Morgan fingerprint density at radius 3 is 2.46 bits per heavy atom. The van der Waals surface area contributed by atoms with Gasteiger partial charge in [-0.05, 0) is 82.8 Å². The van der Waals surface area contributed by atoms with Gasteiger partial charge in [0.15, 0.2) is 11.6 Å². The molecule has 0 bridgehead atoms. The van der Waals surface area contributed by atoms with Crippen LogP contribution in [0, 0.1) is 0 Å². The van der Waals surface area contributed by atoms with Crippen LogP contribution in [0.15, 0.2) is 164 Å². The zero-order valence-electron chi connectivity index (χ0n) is 30.7. The fourth-order valence-corrected chi connectivity index (χ4v) is 10.4. The van der Waals surface area contributed by atoms with Crippen LogP contribution in [0.25, 0.3) is 70.8 Å². The van der Waals surface area contributed by atoms with Gasteiger partial charge in [0, 0.05) is 63.5 Å². The van der Waals surface area contributed by atoms with Crippen molar-refractivity contribution in [3.63, 3.8) is 0 Å². The first-order chi connectivity index (χ1) is 27.7. The Hall–Kier alpha value is -6.76. The molecule has 266 valence electrons. The number of hydrogen-bond donors (Lipinski definition) is 0. The maximum atomic E-state index is 5.75. The fraction of sp³-hybridized carbons (Fsp3) is 0.0800. The largest absolute Gasteiger partial charge is 0.376 e. The molecule has 0 saturated heterocycles. The van der Waals surface area contributed by atoms with E-state index in [1.807, 2.05) is 0 Å². The standard InChI is InChI=1S/C50H35N5S/c1-53-26-12-15-34(30-53)33-24-25-45-40(28-33)47-49(55-41-21-9-7-18-36(41)39-27-31-13-5-6-14-32(31)29-44(39)55)51-48(52-50(47)56-45)38-20-11-23-43-46(38)37-19-8-10-22-42(37)54(43)35-16-3-2-4-17-35/h2-25,28-30,39H,26-27H2,1H3. The second kappa shape index (κ2) is 12.1. The third-order valence-electron chi connectivity index (χ3n) is 11.8. The molecule has 5 heterocycles. The van der Waals surface area contributed by atoms with Crippen molar-refractivity contribution in [1.29, 1.82) is 0 Å². The van der Waals surface area contributed by atoms with Crippen LogP contribution in [0.3, 0.4) is 0 Å². The molecule has 6 aromatic carbocycles. The van der Waals surface area contributed by atoms with Gasteiger partial charge in [-0.1, -0.05) is 109 Å². The van der Waals surface area contributed by atoms with E-state index in [1.54, 1.807) is 11.3 Å². The Balaban J connectivity index is 1.17. The minimum Gasteiger partial charge on any atom is -0.376 e. The maximum absolute atomic E-state index is 5.75. The van der Waals surface area contributed by atoms with Gasteiger partial charge in [0.2, 0.25) is 0 Å². The molecular formula is C50H35N5S. The number of hydrogen-bond acceptors (Lipinski definition) is 5. The van der Waals surface area contributed by atoms with Crippen molar-refractivity contribution < 1.29 is 0 Å². The van der Waals surface area contributed by atoms with E-state index in [-0.39, 0.29) is 5.92 Å². The summed E-state index contributed by atoms with van der Waals surface area (Å²) in [6, 6.07) is 50.6. The summed E-state index contributed by atoms with van der Waals surface area (Å²) in [4.78, 5) is 17.0. The monoisotopic (exact) mass is 737 g/mol. The molecule has 0 saturated carbocycles. The molecule has 5 nitrogen and oxygen atoms in total. The summed E-state index contributed by atoms with van der Waals surface area (Å²) < 4.78 is 3.57. The molecule has 2 aliphatic heterocycles.